The summed E-state index contributed by atoms with van der Waals surface area (Å²) in [6.07, 6.45) is 5.69. The Morgan fingerprint density at radius 2 is 1.88 bits per heavy atom. The molecule has 1 unspecified atom stereocenters. The van der Waals surface area contributed by atoms with Crippen molar-refractivity contribution in [2.45, 2.75) is 19.3 Å². The van der Waals surface area contributed by atoms with Crippen molar-refractivity contribution < 1.29 is 19.0 Å². The Hall–Kier alpha value is -3.12. The van der Waals surface area contributed by atoms with Gasteiger partial charge in [-0.3, -0.25) is 14.7 Å². The molecule has 0 N–H and O–H groups in total. The zero-order valence-corrected chi connectivity index (χ0v) is 19.0. The molecular weight excluding hydrogens is 404 g/mol. The van der Waals surface area contributed by atoms with E-state index in [4.69, 9.17) is 14.2 Å². The van der Waals surface area contributed by atoms with E-state index in [9.17, 15) is 4.79 Å². The van der Waals surface area contributed by atoms with Crippen LogP contribution in [-0.4, -0.2) is 57.4 Å². The molecule has 0 bridgehead atoms. The van der Waals surface area contributed by atoms with Crippen LogP contribution in [0, 0.1) is 5.92 Å². The number of ether oxygens (including phenoxy) is 3. The van der Waals surface area contributed by atoms with Crippen LogP contribution in [0.4, 0.5) is 5.69 Å². The molecule has 0 saturated carbocycles. The van der Waals surface area contributed by atoms with Gasteiger partial charge in [-0.05, 0) is 43.1 Å². The van der Waals surface area contributed by atoms with Gasteiger partial charge in [0.05, 0.1) is 25.8 Å². The van der Waals surface area contributed by atoms with Crippen LogP contribution in [0.15, 0.2) is 60.1 Å². The second-order valence-electron chi connectivity index (χ2n) is 7.76. The lowest BCUT2D eigenvalue weighted by atomic mass is 9.95. The first-order chi connectivity index (χ1) is 15.6. The molecule has 0 aromatic heterocycles. The van der Waals surface area contributed by atoms with Crippen LogP contribution in [0.3, 0.4) is 0 Å². The summed E-state index contributed by atoms with van der Waals surface area (Å²) < 4.78 is 16.5. The maximum Gasteiger partial charge on any atom is 0.162 e. The molecule has 0 fully saturated rings. The van der Waals surface area contributed by atoms with Crippen molar-refractivity contribution >= 4 is 17.7 Å². The van der Waals surface area contributed by atoms with Crippen LogP contribution < -0.4 is 14.2 Å². The third-order valence-electron chi connectivity index (χ3n) is 5.55. The number of benzene rings is 2. The van der Waals surface area contributed by atoms with E-state index < -0.39 is 0 Å². The number of aliphatic imine (C=N–C) groups is 1. The second kappa shape index (κ2) is 12.1. The molecule has 170 valence electrons. The minimum absolute atomic E-state index is 0.183. The largest absolute Gasteiger partial charge is 0.493 e. The number of methoxy groups -OCH3 is 2. The van der Waals surface area contributed by atoms with Gasteiger partial charge in [-0.2, -0.15) is 0 Å². The number of hydrogen-bond acceptors (Lipinski definition) is 6. The minimum Gasteiger partial charge on any atom is -0.493 e. The minimum atomic E-state index is -0.189. The second-order valence-corrected chi connectivity index (χ2v) is 7.76. The average molecular weight is 437 g/mol. The molecule has 0 amide bonds. The Labute approximate surface area is 190 Å². The van der Waals surface area contributed by atoms with Gasteiger partial charge in [-0.25, -0.2) is 0 Å². The number of carbonyl (C=O) groups excluding carboxylic acids is 1. The van der Waals surface area contributed by atoms with Gasteiger partial charge in [0, 0.05) is 31.8 Å². The topological polar surface area (TPSA) is 60.4 Å². The predicted molar refractivity (Wildman–Crippen MR) is 128 cm³/mol. The maximum absolute atomic E-state index is 12.8. The van der Waals surface area contributed by atoms with Crippen LogP contribution in [0.2, 0.25) is 0 Å². The van der Waals surface area contributed by atoms with Gasteiger partial charge in [-0.15, -0.1) is 6.58 Å². The Kier molecular flexibility index (Phi) is 8.87. The Morgan fingerprint density at radius 3 is 2.59 bits per heavy atom. The molecule has 2 aromatic carbocycles. The van der Waals surface area contributed by atoms with E-state index in [1.807, 2.05) is 48.5 Å². The molecule has 0 saturated heterocycles. The normalized spacial score (nSPS) is 15.2. The molecule has 0 radical (unpaired) electrons. The maximum atomic E-state index is 12.8. The van der Waals surface area contributed by atoms with Crippen LogP contribution in [0.5, 0.6) is 17.2 Å². The lowest BCUT2D eigenvalue weighted by Gasteiger charge is -2.21. The zero-order valence-electron chi connectivity index (χ0n) is 19.0. The molecule has 1 atom stereocenters. The van der Waals surface area contributed by atoms with Crippen LogP contribution >= 0.6 is 0 Å². The highest BCUT2D eigenvalue weighted by Crippen LogP contribution is 2.36. The number of hydrogen-bond donors (Lipinski definition) is 0. The van der Waals surface area contributed by atoms with Gasteiger partial charge in [0.25, 0.3) is 0 Å². The fourth-order valence-corrected chi connectivity index (χ4v) is 3.80. The van der Waals surface area contributed by atoms with Crippen molar-refractivity contribution in [3.05, 3.63) is 60.7 Å². The average Bonchev–Trinajstić information content (AvgIpc) is 2.96. The molecular formula is C26H32N2O4. The first-order valence-electron chi connectivity index (χ1n) is 11.0. The number of rotatable bonds is 12. The lowest BCUT2D eigenvalue weighted by Crippen LogP contribution is -2.30. The molecule has 0 aliphatic carbocycles. The number of ketones is 1. The SMILES string of the molecule is C=CCN(CCCC1C=Nc2cc(OC)c(OC)cc2CC1=O)CCOc1ccccc1. The number of para-hydroxylation sites is 1. The van der Waals surface area contributed by atoms with E-state index in [1.54, 1.807) is 20.4 Å². The van der Waals surface area contributed by atoms with Crippen molar-refractivity contribution in [1.82, 2.24) is 4.90 Å². The van der Waals surface area contributed by atoms with Gasteiger partial charge >= 0.3 is 0 Å². The van der Waals surface area contributed by atoms with Crippen LogP contribution in [0.1, 0.15) is 18.4 Å². The molecule has 2 aromatic rings. The smallest absolute Gasteiger partial charge is 0.162 e. The summed E-state index contributed by atoms with van der Waals surface area (Å²) in [5, 5.41) is 0. The summed E-state index contributed by atoms with van der Waals surface area (Å²) in [5.74, 6) is 2.10. The molecule has 0 spiro atoms. The summed E-state index contributed by atoms with van der Waals surface area (Å²) in [6, 6.07) is 13.5. The summed E-state index contributed by atoms with van der Waals surface area (Å²) in [6.45, 7) is 6.94. The molecule has 1 aliphatic rings. The van der Waals surface area contributed by atoms with Gasteiger partial charge < -0.3 is 14.2 Å². The van der Waals surface area contributed by atoms with Crippen molar-refractivity contribution in [3.8, 4) is 17.2 Å². The fourth-order valence-electron chi connectivity index (χ4n) is 3.80. The summed E-state index contributed by atoms with van der Waals surface area (Å²) in [5.41, 5.74) is 1.64. The lowest BCUT2D eigenvalue weighted by molar-refractivity contribution is -0.120. The highest BCUT2D eigenvalue weighted by Gasteiger charge is 2.23. The molecule has 1 aliphatic heterocycles. The number of fused-ring (bicyclic) bond motifs is 1. The summed E-state index contributed by atoms with van der Waals surface area (Å²) in [7, 11) is 3.19. The van der Waals surface area contributed by atoms with E-state index in [2.05, 4.69) is 16.5 Å². The van der Waals surface area contributed by atoms with E-state index in [0.717, 1.165) is 49.5 Å². The molecule has 32 heavy (non-hydrogen) atoms. The Morgan fingerprint density at radius 1 is 1.12 bits per heavy atom. The fraction of sp³-hybridized carbons (Fsp3) is 0.385. The molecule has 6 nitrogen and oxygen atoms in total. The van der Waals surface area contributed by atoms with Crippen molar-refractivity contribution in [2.24, 2.45) is 10.9 Å². The van der Waals surface area contributed by atoms with Gasteiger partial charge in [0.15, 0.2) is 11.5 Å². The highest BCUT2D eigenvalue weighted by molar-refractivity contribution is 5.99. The quantitative estimate of drug-likeness (QED) is 0.459. The van der Waals surface area contributed by atoms with Crippen LogP contribution in [0.25, 0.3) is 0 Å². The zero-order chi connectivity index (χ0) is 22.8. The number of carbonyl (C=O) groups is 1. The predicted octanol–water partition coefficient (Wildman–Crippen LogP) is 4.49. The van der Waals surface area contributed by atoms with E-state index in [1.165, 1.54) is 0 Å². The first-order valence-corrected chi connectivity index (χ1v) is 11.0. The highest BCUT2D eigenvalue weighted by atomic mass is 16.5. The van der Waals surface area contributed by atoms with E-state index >= 15 is 0 Å². The third kappa shape index (κ3) is 6.44. The molecule has 3 rings (SSSR count). The Balaban J connectivity index is 1.52. The van der Waals surface area contributed by atoms with Gasteiger partial charge in [-0.1, -0.05) is 24.3 Å². The monoisotopic (exact) mass is 436 g/mol. The Bertz CT molecular complexity index is 927. The third-order valence-corrected chi connectivity index (χ3v) is 5.55. The number of nitrogens with zero attached hydrogens (tertiary/aromatic N) is 2. The van der Waals surface area contributed by atoms with Crippen molar-refractivity contribution in [3.63, 3.8) is 0 Å². The van der Waals surface area contributed by atoms with Crippen molar-refractivity contribution in [1.29, 1.82) is 0 Å². The number of Topliss-reactive ketones (excluding diaryl/α,β-unsaturated/α-hetero) is 1. The first kappa shape index (κ1) is 23.5. The van der Waals surface area contributed by atoms with E-state index in [0.29, 0.717) is 24.5 Å². The van der Waals surface area contributed by atoms with E-state index in [-0.39, 0.29) is 11.7 Å². The van der Waals surface area contributed by atoms with Gasteiger partial charge in [0.1, 0.15) is 18.1 Å². The van der Waals surface area contributed by atoms with Gasteiger partial charge in [0.2, 0.25) is 0 Å². The summed E-state index contributed by atoms with van der Waals surface area (Å²) >= 11 is 0. The molecule has 1 heterocycles. The standard InChI is InChI=1S/C26H32N2O4/c1-4-12-28(14-15-32-22-10-6-5-7-11-22)13-8-9-20-19-27-23-18-26(31-3)25(30-2)17-21(23)16-24(20)29/h4-7,10-11,17-20H,1,8-9,12-16H2,2-3H3. The van der Waals surface area contributed by atoms with Crippen LogP contribution in [-0.2, 0) is 11.2 Å². The summed E-state index contributed by atoms with van der Waals surface area (Å²) in [4.78, 5) is 19.7. The van der Waals surface area contributed by atoms with Crippen molar-refractivity contribution in [2.75, 3.05) is 40.5 Å². The molecule has 6 heteroatoms.